The molecule has 3 atom stereocenters. The van der Waals surface area contributed by atoms with Crippen molar-refractivity contribution in [2.45, 2.75) is 63.6 Å². The van der Waals surface area contributed by atoms with Crippen molar-refractivity contribution in [2.75, 3.05) is 19.7 Å². The van der Waals surface area contributed by atoms with Crippen LogP contribution >= 0.6 is 0 Å². The summed E-state index contributed by atoms with van der Waals surface area (Å²) in [6.07, 6.45) is 4.45. The summed E-state index contributed by atoms with van der Waals surface area (Å²) in [6, 6.07) is -0.506. The zero-order chi connectivity index (χ0) is 14.3. The molecule has 3 aliphatic rings. The second-order valence-electron chi connectivity index (χ2n) is 6.48. The molecule has 3 rings (SSSR count). The number of hydrogen-bond donors (Lipinski definition) is 0. The highest BCUT2D eigenvalue weighted by Gasteiger charge is 2.49. The fraction of sp³-hybridized carbons (Fsp3) is 0.867. The summed E-state index contributed by atoms with van der Waals surface area (Å²) in [7, 11) is 0. The number of amides is 2. The Morgan fingerprint density at radius 2 is 2.10 bits per heavy atom. The Bertz CT molecular complexity index is 417. The third kappa shape index (κ3) is 2.12. The van der Waals surface area contributed by atoms with E-state index in [2.05, 4.69) is 6.92 Å². The topological polar surface area (TPSA) is 49.9 Å². The normalized spacial score (nSPS) is 37.7. The van der Waals surface area contributed by atoms with E-state index >= 15 is 0 Å². The van der Waals surface area contributed by atoms with Crippen LogP contribution in [0.4, 0.5) is 0 Å². The minimum absolute atomic E-state index is 0.130. The predicted octanol–water partition coefficient (Wildman–Crippen LogP) is 1.17. The first-order valence-corrected chi connectivity index (χ1v) is 7.81. The van der Waals surface area contributed by atoms with Gasteiger partial charge in [-0.2, -0.15) is 0 Å². The van der Waals surface area contributed by atoms with E-state index in [0.29, 0.717) is 13.0 Å². The molecule has 5 heteroatoms. The summed E-state index contributed by atoms with van der Waals surface area (Å²) >= 11 is 0. The average molecular weight is 280 g/mol. The smallest absolute Gasteiger partial charge is 0.246 e. The Balaban J connectivity index is 1.83. The Kier molecular flexibility index (Phi) is 3.48. The van der Waals surface area contributed by atoms with Crippen molar-refractivity contribution in [1.29, 1.82) is 0 Å². The van der Waals surface area contributed by atoms with Crippen molar-refractivity contribution in [3.8, 4) is 0 Å². The lowest BCUT2D eigenvalue weighted by Crippen LogP contribution is -2.64. The monoisotopic (exact) mass is 280 g/mol. The van der Waals surface area contributed by atoms with Gasteiger partial charge in [0.05, 0.1) is 12.1 Å². The van der Waals surface area contributed by atoms with E-state index in [1.165, 1.54) is 0 Å². The van der Waals surface area contributed by atoms with E-state index in [4.69, 9.17) is 4.74 Å². The van der Waals surface area contributed by atoms with Gasteiger partial charge in [-0.1, -0.05) is 6.92 Å². The van der Waals surface area contributed by atoms with Crippen LogP contribution in [0.25, 0.3) is 0 Å². The van der Waals surface area contributed by atoms with Crippen LogP contribution in [0.15, 0.2) is 0 Å². The van der Waals surface area contributed by atoms with E-state index in [9.17, 15) is 9.59 Å². The molecule has 0 aromatic heterocycles. The van der Waals surface area contributed by atoms with Gasteiger partial charge in [0.2, 0.25) is 11.8 Å². The lowest BCUT2D eigenvalue weighted by molar-refractivity contribution is -0.163. The molecule has 3 saturated heterocycles. The van der Waals surface area contributed by atoms with Crippen LogP contribution in [-0.2, 0) is 14.3 Å². The zero-order valence-corrected chi connectivity index (χ0v) is 12.4. The fourth-order valence-electron chi connectivity index (χ4n) is 3.86. The van der Waals surface area contributed by atoms with Crippen molar-refractivity contribution in [2.24, 2.45) is 0 Å². The van der Waals surface area contributed by atoms with Gasteiger partial charge in [0.25, 0.3) is 0 Å². The van der Waals surface area contributed by atoms with E-state index in [0.717, 1.165) is 38.8 Å². The fourth-order valence-corrected chi connectivity index (χ4v) is 3.86. The molecule has 0 spiro atoms. The Labute approximate surface area is 120 Å². The molecule has 0 saturated carbocycles. The maximum atomic E-state index is 12.7. The summed E-state index contributed by atoms with van der Waals surface area (Å²) in [4.78, 5) is 28.9. The number of rotatable bonds is 3. The summed E-state index contributed by atoms with van der Waals surface area (Å²) in [5.41, 5.74) is -0.274. The third-order valence-corrected chi connectivity index (χ3v) is 4.96. The lowest BCUT2D eigenvalue weighted by Gasteiger charge is -2.44. The van der Waals surface area contributed by atoms with Crippen molar-refractivity contribution < 1.29 is 14.3 Å². The van der Waals surface area contributed by atoms with Crippen LogP contribution in [-0.4, -0.2) is 59.0 Å². The molecule has 3 heterocycles. The average Bonchev–Trinajstić information content (AvgIpc) is 3.05. The number of carbonyl (C=O) groups is 2. The molecule has 0 N–H and O–H groups in total. The van der Waals surface area contributed by atoms with E-state index in [1.54, 1.807) is 9.80 Å². The van der Waals surface area contributed by atoms with Crippen LogP contribution < -0.4 is 0 Å². The van der Waals surface area contributed by atoms with Crippen molar-refractivity contribution >= 4 is 11.8 Å². The number of piperazine rings is 1. The van der Waals surface area contributed by atoms with E-state index < -0.39 is 0 Å². The molecule has 0 radical (unpaired) electrons. The largest absolute Gasteiger partial charge is 0.373 e. The molecular weight excluding hydrogens is 256 g/mol. The maximum Gasteiger partial charge on any atom is 0.246 e. The molecule has 2 amide bonds. The van der Waals surface area contributed by atoms with Gasteiger partial charge < -0.3 is 14.5 Å². The van der Waals surface area contributed by atoms with Crippen molar-refractivity contribution in [3.05, 3.63) is 0 Å². The first-order chi connectivity index (χ1) is 9.56. The number of fused-ring (bicyclic) bond motifs is 1. The van der Waals surface area contributed by atoms with E-state index in [1.807, 2.05) is 6.92 Å². The third-order valence-electron chi connectivity index (χ3n) is 4.96. The second-order valence-corrected chi connectivity index (χ2v) is 6.48. The molecule has 3 unspecified atom stereocenters. The van der Waals surface area contributed by atoms with Crippen LogP contribution in [0.2, 0.25) is 0 Å². The Morgan fingerprint density at radius 1 is 1.30 bits per heavy atom. The highest BCUT2D eigenvalue weighted by atomic mass is 16.5. The number of hydrogen-bond acceptors (Lipinski definition) is 3. The predicted molar refractivity (Wildman–Crippen MR) is 74.1 cm³/mol. The van der Waals surface area contributed by atoms with Gasteiger partial charge in [0.15, 0.2) is 0 Å². The molecule has 0 bridgehead atoms. The Hall–Kier alpha value is -1.10. The van der Waals surface area contributed by atoms with Crippen molar-refractivity contribution in [1.82, 2.24) is 9.80 Å². The van der Waals surface area contributed by atoms with Gasteiger partial charge in [0.1, 0.15) is 12.1 Å². The molecule has 0 aliphatic carbocycles. The summed E-state index contributed by atoms with van der Waals surface area (Å²) in [5, 5.41) is 0. The Morgan fingerprint density at radius 3 is 2.75 bits per heavy atom. The molecule has 3 aliphatic heterocycles. The molecular formula is C15H24N2O3. The first-order valence-electron chi connectivity index (χ1n) is 7.81. The van der Waals surface area contributed by atoms with Gasteiger partial charge in [-0.05, 0) is 39.0 Å². The number of carbonyl (C=O) groups excluding carboxylic acids is 2. The lowest BCUT2D eigenvalue weighted by atomic mass is 9.97. The number of nitrogens with zero attached hydrogens (tertiary/aromatic N) is 2. The van der Waals surface area contributed by atoms with Crippen LogP contribution in [0.1, 0.15) is 46.0 Å². The minimum atomic E-state index is -0.294. The number of ether oxygens (including phenoxy) is 1. The van der Waals surface area contributed by atoms with Gasteiger partial charge >= 0.3 is 0 Å². The van der Waals surface area contributed by atoms with Crippen LogP contribution in [0.3, 0.4) is 0 Å². The summed E-state index contributed by atoms with van der Waals surface area (Å²) in [6.45, 7) is 6.11. The quantitative estimate of drug-likeness (QED) is 0.779. The summed E-state index contributed by atoms with van der Waals surface area (Å²) < 4.78 is 5.81. The molecule has 0 aromatic rings. The maximum absolute atomic E-state index is 12.7. The molecule has 5 nitrogen and oxygen atoms in total. The zero-order valence-electron chi connectivity index (χ0n) is 12.4. The van der Waals surface area contributed by atoms with Gasteiger partial charge in [0, 0.05) is 13.2 Å². The van der Waals surface area contributed by atoms with Crippen LogP contribution in [0, 0.1) is 0 Å². The second kappa shape index (κ2) is 5.02. The highest BCUT2D eigenvalue weighted by molar-refractivity contribution is 5.97. The molecule has 20 heavy (non-hydrogen) atoms. The molecule has 112 valence electrons. The van der Waals surface area contributed by atoms with Gasteiger partial charge in [-0.3, -0.25) is 9.59 Å². The van der Waals surface area contributed by atoms with Crippen LogP contribution in [0.5, 0.6) is 0 Å². The van der Waals surface area contributed by atoms with Gasteiger partial charge in [-0.15, -0.1) is 0 Å². The van der Waals surface area contributed by atoms with E-state index in [-0.39, 0.29) is 29.5 Å². The summed E-state index contributed by atoms with van der Waals surface area (Å²) in [5.74, 6) is 0.266. The highest BCUT2D eigenvalue weighted by Crippen LogP contribution is 2.32. The standard InChI is InChI=1S/C15H24N2O3/c1-3-11-13(18)16-8-4-6-12(16)14(19)17(11)10-15(2)7-5-9-20-15/h11-12H,3-10H2,1-2H3. The molecule has 0 aromatic carbocycles. The SMILES string of the molecule is CCC1C(=O)N2CCCC2C(=O)N1CC1(C)CCCO1. The first kappa shape index (κ1) is 13.9. The van der Waals surface area contributed by atoms with Crippen molar-refractivity contribution in [3.63, 3.8) is 0 Å². The minimum Gasteiger partial charge on any atom is -0.373 e. The van der Waals surface area contributed by atoms with Gasteiger partial charge in [-0.25, -0.2) is 0 Å². The molecule has 3 fully saturated rings.